The minimum Gasteiger partial charge on any atom is -0.384 e. The number of nitrogen functional groups attached to an aromatic ring is 1. The van der Waals surface area contributed by atoms with E-state index in [2.05, 4.69) is 15.3 Å². The molecular weight excluding hydrogens is 297 g/mol. The summed E-state index contributed by atoms with van der Waals surface area (Å²) in [5.41, 5.74) is 5.20. The van der Waals surface area contributed by atoms with Gasteiger partial charge in [0.1, 0.15) is 17.5 Å². The second-order valence-electron chi connectivity index (χ2n) is 4.54. The molecule has 0 saturated heterocycles. The zero-order valence-electron chi connectivity index (χ0n) is 11.8. The first kappa shape index (κ1) is 16.0. The fourth-order valence-corrected chi connectivity index (χ4v) is 1.81. The number of hydrogen-bond donors (Lipinski definition) is 2. The summed E-state index contributed by atoms with van der Waals surface area (Å²) >= 11 is 0. The highest BCUT2D eigenvalue weighted by molar-refractivity contribution is 5.59. The molecule has 0 aliphatic heterocycles. The van der Waals surface area contributed by atoms with E-state index in [1.165, 1.54) is 18.2 Å². The Morgan fingerprint density at radius 1 is 1.23 bits per heavy atom. The Kier molecular flexibility index (Phi) is 4.81. The van der Waals surface area contributed by atoms with Crippen molar-refractivity contribution >= 4 is 17.3 Å². The molecule has 0 amide bonds. The number of nitrogens with two attached hydrogens (primary N) is 1. The molecule has 118 valence electrons. The largest absolute Gasteiger partial charge is 0.416 e. The standard InChI is InChI=1S/C14H15F3N4O/c1-22-6-5-12-20-11(18)8-13(21-12)19-10-4-2-3-9(7-10)14(15,16)17/h2-4,7-8H,5-6H2,1H3,(H3,18,19,20,21). The maximum atomic E-state index is 12.7. The number of methoxy groups -OCH3 is 1. The molecule has 0 aliphatic rings. The summed E-state index contributed by atoms with van der Waals surface area (Å²) in [7, 11) is 1.55. The molecule has 2 rings (SSSR count). The predicted octanol–water partition coefficient (Wildman–Crippen LogP) is 3.01. The van der Waals surface area contributed by atoms with Crippen LogP contribution in [0.3, 0.4) is 0 Å². The maximum absolute atomic E-state index is 12.7. The Hall–Kier alpha value is -2.35. The molecule has 0 aliphatic carbocycles. The lowest BCUT2D eigenvalue weighted by atomic mass is 10.2. The molecule has 22 heavy (non-hydrogen) atoms. The molecule has 5 nitrogen and oxygen atoms in total. The van der Waals surface area contributed by atoms with Gasteiger partial charge in [-0.1, -0.05) is 6.07 Å². The highest BCUT2D eigenvalue weighted by atomic mass is 19.4. The van der Waals surface area contributed by atoms with Gasteiger partial charge in [-0.3, -0.25) is 0 Å². The molecule has 2 aromatic rings. The van der Waals surface area contributed by atoms with Gasteiger partial charge in [0.2, 0.25) is 0 Å². The zero-order valence-corrected chi connectivity index (χ0v) is 11.8. The van der Waals surface area contributed by atoms with Gasteiger partial charge in [0, 0.05) is 25.3 Å². The van der Waals surface area contributed by atoms with Gasteiger partial charge in [-0.25, -0.2) is 9.97 Å². The van der Waals surface area contributed by atoms with Crippen LogP contribution in [0.25, 0.3) is 0 Å². The van der Waals surface area contributed by atoms with E-state index >= 15 is 0 Å². The second kappa shape index (κ2) is 6.61. The minimum atomic E-state index is -4.40. The van der Waals surface area contributed by atoms with Gasteiger partial charge in [-0.2, -0.15) is 13.2 Å². The molecule has 0 radical (unpaired) electrons. The van der Waals surface area contributed by atoms with E-state index in [4.69, 9.17) is 10.5 Å². The number of aromatic nitrogens is 2. The summed E-state index contributed by atoms with van der Waals surface area (Å²) in [4.78, 5) is 8.23. The second-order valence-corrected chi connectivity index (χ2v) is 4.54. The fraction of sp³-hybridized carbons (Fsp3) is 0.286. The number of nitrogens with zero attached hydrogens (tertiary/aromatic N) is 2. The summed E-state index contributed by atoms with van der Waals surface area (Å²) in [6.07, 6.45) is -3.94. The Morgan fingerprint density at radius 3 is 2.68 bits per heavy atom. The van der Waals surface area contributed by atoms with Crippen molar-refractivity contribution in [1.82, 2.24) is 9.97 Å². The minimum absolute atomic E-state index is 0.232. The lowest BCUT2D eigenvalue weighted by Gasteiger charge is -2.11. The topological polar surface area (TPSA) is 73.1 Å². The summed E-state index contributed by atoms with van der Waals surface area (Å²) in [5.74, 6) is 1.02. The maximum Gasteiger partial charge on any atom is 0.416 e. The van der Waals surface area contributed by atoms with Crippen LogP contribution in [0.1, 0.15) is 11.4 Å². The number of halogens is 3. The highest BCUT2D eigenvalue weighted by Gasteiger charge is 2.30. The average Bonchev–Trinajstić information content (AvgIpc) is 2.44. The average molecular weight is 312 g/mol. The van der Waals surface area contributed by atoms with Crippen LogP contribution in [0.15, 0.2) is 30.3 Å². The van der Waals surface area contributed by atoms with Crippen molar-refractivity contribution in [2.75, 3.05) is 24.8 Å². The van der Waals surface area contributed by atoms with Gasteiger partial charge < -0.3 is 15.8 Å². The van der Waals surface area contributed by atoms with E-state index in [-0.39, 0.29) is 11.5 Å². The lowest BCUT2D eigenvalue weighted by molar-refractivity contribution is -0.137. The fourth-order valence-electron chi connectivity index (χ4n) is 1.81. The summed E-state index contributed by atoms with van der Waals surface area (Å²) in [6, 6.07) is 6.30. The van der Waals surface area contributed by atoms with Crippen LogP contribution < -0.4 is 11.1 Å². The van der Waals surface area contributed by atoms with E-state index in [0.29, 0.717) is 24.7 Å². The van der Waals surface area contributed by atoms with Crippen LogP contribution in [-0.2, 0) is 17.3 Å². The molecule has 1 aromatic heterocycles. The van der Waals surface area contributed by atoms with Crippen molar-refractivity contribution in [3.63, 3.8) is 0 Å². The Morgan fingerprint density at radius 2 is 2.00 bits per heavy atom. The number of hydrogen-bond acceptors (Lipinski definition) is 5. The van der Waals surface area contributed by atoms with Crippen LogP contribution in [0, 0.1) is 0 Å². The number of alkyl halides is 3. The molecule has 1 heterocycles. The third-order valence-electron chi connectivity index (χ3n) is 2.78. The van der Waals surface area contributed by atoms with Crippen molar-refractivity contribution in [3.05, 3.63) is 41.7 Å². The van der Waals surface area contributed by atoms with Crippen molar-refractivity contribution in [1.29, 1.82) is 0 Å². The monoisotopic (exact) mass is 312 g/mol. The Bertz CT molecular complexity index is 646. The third-order valence-corrected chi connectivity index (χ3v) is 2.78. The summed E-state index contributed by atoms with van der Waals surface area (Å²) in [6.45, 7) is 0.423. The van der Waals surface area contributed by atoms with Gasteiger partial charge in [0.15, 0.2) is 0 Å². The molecule has 3 N–H and O–H groups in total. The molecule has 1 aromatic carbocycles. The van der Waals surface area contributed by atoms with E-state index in [1.807, 2.05) is 0 Å². The Labute approximate surface area is 125 Å². The van der Waals surface area contributed by atoms with Gasteiger partial charge in [-0.15, -0.1) is 0 Å². The van der Waals surface area contributed by atoms with Crippen LogP contribution in [0.2, 0.25) is 0 Å². The van der Waals surface area contributed by atoms with Crippen LogP contribution >= 0.6 is 0 Å². The molecule has 0 bridgehead atoms. The number of rotatable bonds is 5. The van der Waals surface area contributed by atoms with Gasteiger partial charge >= 0.3 is 6.18 Å². The quantitative estimate of drug-likeness (QED) is 0.888. The van der Waals surface area contributed by atoms with Crippen LogP contribution in [0.5, 0.6) is 0 Å². The molecule has 0 unspecified atom stereocenters. The SMILES string of the molecule is COCCc1nc(N)cc(Nc2cccc(C(F)(F)F)c2)n1. The lowest BCUT2D eigenvalue weighted by Crippen LogP contribution is -2.07. The number of anilines is 3. The molecule has 0 spiro atoms. The molecule has 0 atom stereocenters. The van der Waals surface area contributed by atoms with Crippen molar-refractivity contribution < 1.29 is 17.9 Å². The van der Waals surface area contributed by atoms with Crippen LogP contribution in [0.4, 0.5) is 30.5 Å². The van der Waals surface area contributed by atoms with Crippen molar-refractivity contribution in [3.8, 4) is 0 Å². The first-order chi connectivity index (χ1) is 10.4. The molecular formula is C14H15F3N4O. The number of ether oxygens (including phenoxy) is 1. The van der Waals surface area contributed by atoms with E-state index < -0.39 is 11.7 Å². The van der Waals surface area contributed by atoms with Crippen molar-refractivity contribution in [2.45, 2.75) is 12.6 Å². The van der Waals surface area contributed by atoms with E-state index in [1.54, 1.807) is 7.11 Å². The normalized spacial score (nSPS) is 11.5. The van der Waals surface area contributed by atoms with E-state index in [9.17, 15) is 13.2 Å². The molecule has 0 fully saturated rings. The van der Waals surface area contributed by atoms with E-state index in [0.717, 1.165) is 12.1 Å². The van der Waals surface area contributed by atoms with Crippen molar-refractivity contribution in [2.24, 2.45) is 0 Å². The first-order valence-electron chi connectivity index (χ1n) is 6.45. The third kappa shape index (κ3) is 4.32. The summed E-state index contributed by atoms with van der Waals surface area (Å²) in [5, 5.41) is 2.80. The Balaban J connectivity index is 2.21. The molecule has 8 heteroatoms. The molecule has 0 saturated carbocycles. The number of benzene rings is 1. The van der Waals surface area contributed by atoms with Gasteiger partial charge in [0.05, 0.1) is 12.2 Å². The predicted molar refractivity (Wildman–Crippen MR) is 76.8 cm³/mol. The smallest absolute Gasteiger partial charge is 0.384 e. The van der Waals surface area contributed by atoms with Gasteiger partial charge in [-0.05, 0) is 18.2 Å². The highest BCUT2D eigenvalue weighted by Crippen LogP contribution is 2.31. The zero-order chi connectivity index (χ0) is 16.2. The number of nitrogens with one attached hydrogen (secondary N) is 1. The first-order valence-corrected chi connectivity index (χ1v) is 6.45. The van der Waals surface area contributed by atoms with Crippen LogP contribution in [-0.4, -0.2) is 23.7 Å². The summed E-state index contributed by atoms with van der Waals surface area (Å²) < 4.78 is 43.0. The van der Waals surface area contributed by atoms with Gasteiger partial charge in [0.25, 0.3) is 0 Å².